The van der Waals surface area contributed by atoms with Gasteiger partial charge in [0.25, 0.3) is 0 Å². The molecule has 162 valence electrons. The zero-order chi connectivity index (χ0) is 21.3. The summed E-state index contributed by atoms with van der Waals surface area (Å²) in [4.78, 5) is 12.4. The van der Waals surface area contributed by atoms with Gasteiger partial charge in [-0.1, -0.05) is 49.7 Å². The number of para-hydroxylation sites is 2. The summed E-state index contributed by atoms with van der Waals surface area (Å²) in [5.41, 5.74) is 0. The number of aromatic nitrogens is 3. The smallest absolute Gasteiger partial charge is 0.230 e. The van der Waals surface area contributed by atoms with E-state index in [1.807, 2.05) is 28.8 Å². The molecule has 0 spiro atoms. The third kappa shape index (κ3) is 5.78. The zero-order valence-electron chi connectivity index (χ0n) is 17.7. The summed E-state index contributed by atoms with van der Waals surface area (Å²) in [7, 11) is 1.61. The van der Waals surface area contributed by atoms with E-state index in [1.54, 1.807) is 13.2 Å². The minimum Gasteiger partial charge on any atom is -0.493 e. The molecule has 2 atom stereocenters. The largest absolute Gasteiger partial charge is 0.493 e. The number of ether oxygens (including phenoxy) is 2. The fourth-order valence-corrected chi connectivity index (χ4v) is 4.41. The fraction of sp³-hybridized carbons (Fsp3) is 0.500. The second-order valence-electron chi connectivity index (χ2n) is 7.46. The van der Waals surface area contributed by atoms with E-state index in [-0.39, 0.29) is 18.6 Å². The number of carbonyl (C=O) groups excluding carboxylic acids is 1. The summed E-state index contributed by atoms with van der Waals surface area (Å²) >= 11 is 1.38. The van der Waals surface area contributed by atoms with Gasteiger partial charge in [0.2, 0.25) is 5.91 Å². The third-order valence-corrected chi connectivity index (χ3v) is 6.29. The molecule has 1 aliphatic carbocycles. The molecule has 1 heterocycles. The van der Waals surface area contributed by atoms with E-state index >= 15 is 0 Å². The molecule has 1 N–H and O–H groups in total. The average Bonchev–Trinajstić information content (AvgIpc) is 3.14. The Hall–Kier alpha value is -2.48. The van der Waals surface area contributed by atoms with Crippen molar-refractivity contribution in [3.63, 3.8) is 0 Å². The number of thioether (sulfide) groups is 1. The predicted octanol–water partition coefficient (Wildman–Crippen LogP) is 3.84. The fourth-order valence-electron chi connectivity index (χ4n) is 3.63. The van der Waals surface area contributed by atoms with Gasteiger partial charge in [0.15, 0.2) is 22.5 Å². The first kappa shape index (κ1) is 22.2. The SMILES string of the molecule is C=CCn1c(COc2ccccc2OC)nnc1SCC(=O)N[C@H]1CCCC[C@H]1C. The molecule has 1 saturated carbocycles. The van der Waals surface area contributed by atoms with Crippen LogP contribution in [0.4, 0.5) is 0 Å². The lowest BCUT2D eigenvalue weighted by atomic mass is 9.86. The summed E-state index contributed by atoms with van der Waals surface area (Å²) in [6.45, 7) is 6.82. The van der Waals surface area contributed by atoms with Crippen LogP contribution in [0.1, 0.15) is 38.4 Å². The number of amides is 1. The minimum absolute atomic E-state index is 0.0405. The number of benzene rings is 1. The van der Waals surface area contributed by atoms with Gasteiger partial charge in [-0.2, -0.15) is 0 Å². The van der Waals surface area contributed by atoms with Crippen molar-refractivity contribution in [2.75, 3.05) is 12.9 Å². The molecule has 1 aromatic carbocycles. The van der Waals surface area contributed by atoms with Gasteiger partial charge in [-0.15, -0.1) is 16.8 Å². The van der Waals surface area contributed by atoms with Crippen molar-refractivity contribution in [2.24, 2.45) is 5.92 Å². The van der Waals surface area contributed by atoms with Crippen LogP contribution >= 0.6 is 11.8 Å². The van der Waals surface area contributed by atoms with E-state index in [0.717, 1.165) is 6.42 Å². The van der Waals surface area contributed by atoms with E-state index in [0.29, 0.717) is 40.7 Å². The third-order valence-electron chi connectivity index (χ3n) is 5.32. The maximum absolute atomic E-state index is 12.4. The van der Waals surface area contributed by atoms with E-state index in [9.17, 15) is 4.79 Å². The number of carbonyl (C=O) groups is 1. The maximum Gasteiger partial charge on any atom is 0.230 e. The van der Waals surface area contributed by atoms with Crippen LogP contribution in [-0.4, -0.2) is 39.6 Å². The van der Waals surface area contributed by atoms with Crippen molar-refractivity contribution >= 4 is 17.7 Å². The van der Waals surface area contributed by atoms with Crippen LogP contribution in [-0.2, 0) is 17.9 Å². The Labute approximate surface area is 182 Å². The highest BCUT2D eigenvalue weighted by Crippen LogP contribution is 2.27. The average molecular weight is 431 g/mol. The van der Waals surface area contributed by atoms with Crippen molar-refractivity contribution < 1.29 is 14.3 Å². The monoisotopic (exact) mass is 430 g/mol. The highest BCUT2D eigenvalue weighted by molar-refractivity contribution is 7.99. The van der Waals surface area contributed by atoms with Gasteiger partial charge < -0.3 is 14.8 Å². The normalized spacial score (nSPS) is 18.6. The Bertz CT molecular complexity index is 855. The van der Waals surface area contributed by atoms with Crippen LogP contribution < -0.4 is 14.8 Å². The Morgan fingerprint density at radius 2 is 2.07 bits per heavy atom. The lowest BCUT2D eigenvalue weighted by Gasteiger charge is -2.29. The van der Waals surface area contributed by atoms with E-state index in [1.165, 1.54) is 31.0 Å². The Kier molecular flexibility index (Phi) is 8.19. The molecule has 7 nitrogen and oxygen atoms in total. The molecule has 0 aliphatic heterocycles. The van der Waals surface area contributed by atoms with Gasteiger partial charge in [0.1, 0.15) is 6.61 Å². The summed E-state index contributed by atoms with van der Waals surface area (Å²) < 4.78 is 13.1. The quantitative estimate of drug-likeness (QED) is 0.456. The number of nitrogens with one attached hydrogen (secondary N) is 1. The number of hydrogen-bond acceptors (Lipinski definition) is 6. The van der Waals surface area contributed by atoms with Crippen LogP contribution in [0.3, 0.4) is 0 Å². The highest BCUT2D eigenvalue weighted by atomic mass is 32.2. The van der Waals surface area contributed by atoms with Gasteiger partial charge in [0, 0.05) is 12.6 Å². The van der Waals surface area contributed by atoms with E-state index in [2.05, 4.69) is 29.0 Å². The molecule has 2 aromatic rings. The molecule has 0 radical (unpaired) electrons. The van der Waals surface area contributed by atoms with E-state index in [4.69, 9.17) is 9.47 Å². The van der Waals surface area contributed by atoms with Gasteiger partial charge in [-0.05, 0) is 30.9 Å². The standard InChI is InChI=1S/C22H30N4O3S/c1-4-13-26-20(14-29-19-12-8-7-11-18(19)28-3)24-25-22(26)30-15-21(27)23-17-10-6-5-9-16(17)2/h4,7-8,11-12,16-17H,1,5-6,9-10,13-15H2,2-3H3,(H,23,27)/t16-,17+/m1/s1. The highest BCUT2D eigenvalue weighted by Gasteiger charge is 2.23. The molecule has 1 aliphatic rings. The van der Waals surface area contributed by atoms with Gasteiger partial charge in [0.05, 0.1) is 12.9 Å². The number of methoxy groups -OCH3 is 1. The second-order valence-corrected chi connectivity index (χ2v) is 8.40. The van der Waals surface area contributed by atoms with Crippen molar-refractivity contribution in [1.29, 1.82) is 0 Å². The summed E-state index contributed by atoms with van der Waals surface area (Å²) in [6.07, 6.45) is 6.47. The first-order chi connectivity index (χ1) is 14.6. The van der Waals surface area contributed by atoms with E-state index < -0.39 is 0 Å². The molecule has 0 saturated heterocycles. The molecular weight excluding hydrogens is 400 g/mol. The zero-order valence-corrected chi connectivity index (χ0v) is 18.5. The molecule has 1 fully saturated rings. The van der Waals surface area contributed by atoms with Crippen molar-refractivity contribution in [2.45, 2.75) is 57.0 Å². The molecule has 1 amide bonds. The van der Waals surface area contributed by atoms with Crippen molar-refractivity contribution in [1.82, 2.24) is 20.1 Å². The second kappa shape index (κ2) is 11.1. The van der Waals surface area contributed by atoms with Crippen LogP contribution in [0.25, 0.3) is 0 Å². The lowest BCUT2D eigenvalue weighted by Crippen LogP contribution is -2.41. The van der Waals surface area contributed by atoms with Crippen LogP contribution in [0.15, 0.2) is 42.1 Å². The van der Waals surface area contributed by atoms with Crippen molar-refractivity contribution in [3.05, 3.63) is 42.7 Å². The first-order valence-electron chi connectivity index (χ1n) is 10.3. The van der Waals surface area contributed by atoms with Crippen LogP contribution in [0, 0.1) is 5.92 Å². The van der Waals surface area contributed by atoms with Crippen LogP contribution in [0.2, 0.25) is 0 Å². The molecule has 3 rings (SSSR count). The Balaban J connectivity index is 1.59. The topological polar surface area (TPSA) is 78.3 Å². The van der Waals surface area contributed by atoms with Gasteiger partial charge >= 0.3 is 0 Å². The minimum atomic E-state index is 0.0405. The van der Waals surface area contributed by atoms with Crippen molar-refractivity contribution in [3.8, 4) is 11.5 Å². The number of allylic oxidation sites excluding steroid dienone is 1. The number of hydrogen-bond donors (Lipinski definition) is 1. The molecular formula is C22H30N4O3S. The Morgan fingerprint density at radius 1 is 1.30 bits per heavy atom. The first-order valence-corrected chi connectivity index (χ1v) is 11.3. The van der Waals surface area contributed by atoms with Crippen LogP contribution in [0.5, 0.6) is 11.5 Å². The molecule has 0 bridgehead atoms. The number of rotatable bonds is 10. The number of nitrogens with zero attached hydrogens (tertiary/aromatic N) is 3. The molecule has 0 unspecified atom stereocenters. The molecule has 8 heteroatoms. The molecule has 30 heavy (non-hydrogen) atoms. The summed E-state index contributed by atoms with van der Waals surface area (Å²) in [5.74, 6) is 2.87. The lowest BCUT2D eigenvalue weighted by molar-refractivity contribution is -0.119. The Morgan fingerprint density at radius 3 is 2.80 bits per heavy atom. The molecule has 1 aromatic heterocycles. The summed E-state index contributed by atoms with van der Waals surface area (Å²) in [5, 5.41) is 12.4. The predicted molar refractivity (Wildman–Crippen MR) is 118 cm³/mol. The van der Waals surface area contributed by atoms with Gasteiger partial charge in [-0.3, -0.25) is 9.36 Å². The summed E-state index contributed by atoms with van der Waals surface area (Å²) in [6, 6.07) is 7.75. The maximum atomic E-state index is 12.4. The van der Waals surface area contributed by atoms with Gasteiger partial charge in [-0.25, -0.2) is 0 Å².